The molecule has 2 heterocycles. The Morgan fingerprint density at radius 3 is 2.60 bits per heavy atom. The number of likely N-dealkylation sites (tertiary alicyclic amines) is 1. The summed E-state index contributed by atoms with van der Waals surface area (Å²) in [6.07, 6.45) is 6.71. The number of aliphatic hydroxyl groups is 1. The van der Waals surface area contributed by atoms with Gasteiger partial charge >= 0.3 is 0 Å². The Kier molecular flexibility index (Phi) is 7.08. The van der Waals surface area contributed by atoms with Crippen LogP contribution in [-0.2, 0) is 19.1 Å². The van der Waals surface area contributed by atoms with E-state index in [0.717, 1.165) is 40.9 Å². The smallest absolute Gasteiger partial charge is 0.290 e. The lowest BCUT2D eigenvalue weighted by molar-refractivity contribution is -0.149. The number of imide groups is 1. The maximum absolute atomic E-state index is 12.8. The van der Waals surface area contributed by atoms with Gasteiger partial charge in [-0.05, 0) is 54.0 Å². The molecular formula is C27H31N3O5. The largest absolute Gasteiger partial charge is 0.470 e. The van der Waals surface area contributed by atoms with Crippen molar-refractivity contribution in [2.45, 2.75) is 64.4 Å². The van der Waals surface area contributed by atoms with Gasteiger partial charge in [0.1, 0.15) is 6.07 Å². The second kappa shape index (κ2) is 10.0. The van der Waals surface area contributed by atoms with Gasteiger partial charge in [-0.1, -0.05) is 26.0 Å². The maximum atomic E-state index is 12.8. The number of anilines is 1. The third kappa shape index (κ3) is 5.46. The van der Waals surface area contributed by atoms with E-state index in [0.29, 0.717) is 12.1 Å². The molecule has 0 saturated carbocycles. The topological polar surface area (TPSA) is 120 Å². The second-order valence-corrected chi connectivity index (χ2v) is 10.2. The molecule has 1 aliphatic carbocycles. The molecule has 35 heavy (non-hydrogen) atoms. The molecule has 1 aromatic carbocycles. The number of benzene rings is 1. The molecule has 2 N–H and O–H groups in total. The first-order valence-electron chi connectivity index (χ1n) is 12.1. The van der Waals surface area contributed by atoms with Crippen molar-refractivity contribution in [1.29, 1.82) is 5.26 Å². The Morgan fingerprint density at radius 2 is 2.00 bits per heavy atom. The van der Waals surface area contributed by atoms with E-state index in [1.807, 2.05) is 24.3 Å². The monoisotopic (exact) mass is 477 g/mol. The van der Waals surface area contributed by atoms with Crippen molar-refractivity contribution in [1.82, 2.24) is 4.90 Å². The lowest BCUT2D eigenvalue weighted by Gasteiger charge is -2.31. The van der Waals surface area contributed by atoms with E-state index >= 15 is 0 Å². The van der Waals surface area contributed by atoms with Crippen LogP contribution in [0.25, 0.3) is 5.57 Å². The molecule has 2 aliphatic heterocycles. The Hall–Kier alpha value is -3.44. The predicted molar refractivity (Wildman–Crippen MR) is 130 cm³/mol. The molecule has 0 bridgehead atoms. The van der Waals surface area contributed by atoms with Crippen LogP contribution in [0, 0.1) is 16.7 Å². The average Bonchev–Trinajstić information content (AvgIpc) is 3.31. The molecule has 1 atom stereocenters. The van der Waals surface area contributed by atoms with Crippen molar-refractivity contribution < 1.29 is 24.2 Å². The average molecular weight is 478 g/mol. The summed E-state index contributed by atoms with van der Waals surface area (Å²) in [6, 6.07) is 7.65. The molecule has 3 amide bonds. The number of nitrogens with one attached hydrogen (secondary N) is 1. The highest BCUT2D eigenvalue weighted by Gasteiger charge is 2.34. The van der Waals surface area contributed by atoms with Crippen molar-refractivity contribution in [3.05, 3.63) is 47.2 Å². The number of nitrogens with zero attached hydrogens (tertiary/aromatic N) is 2. The first-order chi connectivity index (χ1) is 16.7. The van der Waals surface area contributed by atoms with Crippen molar-refractivity contribution in [2.75, 3.05) is 18.5 Å². The third-order valence-electron chi connectivity index (χ3n) is 7.00. The van der Waals surface area contributed by atoms with Crippen molar-refractivity contribution in [3.8, 4) is 6.07 Å². The van der Waals surface area contributed by atoms with Gasteiger partial charge in [0, 0.05) is 36.4 Å². The zero-order valence-corrected chi connectivity index (χ0v) is 20.2. The van der Waals surface area contributed by atoms with Gasteiger partial charge in [0.15, 0.2) is 11.9 Å². The van der Waals surface area contributed by atoms with Gasteiger partial charge in [0.25, 0.3) is 5.91 Å². The van der Waals surface area contributed by atoms with E-state index in [2.05, 4.69) is 25.2 Å². The lowest BCUT2D eigenvalue weighted by atomic mass is 9.76. The van der Waals surface area contributed by atoms with Crippen LogP contribution in [0.5, 0.6) is 0 Å². The Morgan fingerprint density at radius 1 is 1.26 bits per heavy atom. The predicted octanol–water partition coefficient (Wildman–Crippen LogP) is 3.64. The molecule has 1 unspecified atom stereocenters. The second-order valence-electron chi connectivity index (χ2n) is 10.2. The van der Waals surface area contributed by atoms with Gasteiger partial charge in [-0.25, -0.2) is 0 Å². The van der Waals surface area contributed by atoms with Crippen LogP contribution in [0.15, 0.2) is 36.1 Å². The molecule has 184 valence electrons. The molecule has 0 radical (unpaired) electrons. The summed E-state index contributed by atoms with van der Waals surface area (Å²) in [5.74, 6) is -1.09. The number of carbonyl (C=O) groups excluding carboxylic acids is 3. The van der Waals surface area contributed by atoms with Crippen LogP contribution in [0.3, 0.4) is 0 Å². The number of nitriles is 1. The molecule has 4 rings (SSSR count). The molecular weight excluding hydrogens is 446 g/mol. The van der Waals surface area contributed by atoms with Crippen LogP contribution < -0.4 is 5.32 Å². The summed E-state index contributed by atoms with van der Waals surface area (Å²) in [5.41, 5.74) is 3.70. The minimum absolute atomic E-state index is 0.0217. The molecule has 1 fully saturated rings. The summed E-state index contributed by atoms with van der Waals surface area (Å²) >= 11 is 0. The van der Waals surface area contributed by atoms with E-state index in [1.54, 1.807) is 6.08 Å². The number of amides is 3. The minimum Gasteiger partial charge on any atom is -0.470 e. The van der Waals surface area contributed by atoms with Gasteiger partial charge < -0.3 is 15.2 Å². The van der Waals surface area contributed by atoms with E-state index in [4.69, 9.17) is 15.1 Å². The fourth-order valence-corrected chi connectivity index (χ4v) is 4.82. The van der Waals surface area contributed by atoms with Crippen LogP contribution in [-0.4, -0.2) is 47.0 Å². The van der Waals surface area contributed by atoms with Crippen molar-refractivity contribution >= 4 is 29.0 Å². The molecule has 0 aromatic heterocycles. The van der Waals surface area contributed by atoms with Gasteiger partial charge in [0.05, 0.1) is 13.2 Å². The number of piperidine rings is 1. The zero-order chi connectivity index (χ0) is 25.2. The molecule has 0 spiro atoms. The van der Waals surface area contributed by atoms with Crippen molar-refractivity contribution in [3.63, 3.8) is 0 Å². The molecule has 3 aliphatic rings. The molecule has 1 aromatic rings. The van der Waals surface area contributed by atoms with Crippen LogP contribution >= 0.6 is 0 Å². The number of aliphatic hydroxyl groups excluding tert-OH is 1. The van der Waals surface area contributed by atoms with Gasteiger partial charge in [-0.3, -0.25) is 19.3 Å². The lowest BCUT2D eigenvalue weighted by Crippen LogP contribution is -2.44. The first kappa shape index (κ1) is 24.7. The summed E-state index contributed by atoms with van der Waals surface area (Å²) in [5, 5.41) is 21.1. The maximum Gasteiger partial charge on any atom is 0.290 e. The Labute approximate surface area is 205 Å². The summed E-state index contributed by atoms with van der Waals surface area (Å²) < 4.78 is 5.41. The number of ether oxygens (including phenoxy) is 1. The number of allylic oxidation sites excluding steroid dienone is 2. The fourth-order valence-electron chi connectivity index (χ4n) is 4.82. The standard InChI is InChI=1S/C27H31N3O5/c1-27(2)9-7-17(8-10-27)21-13-18(19-14-24(32)30(11-12-31)25(33)15-19)3-5-22(21)29-26(34)23-6-4-20(16-28)35-23/h3,5-7,13,19-20,31H,4,8-12,14-15H2,1-2H3,(H,29,34). The zero-order valence-electron chi connectivity index (χ0n) is 20.2. The van der Waals surface area contributed by atoms with Crippen molar-refractivity contribution in [2.24, 2.45) is 5.41 Å². The molecule has 1 saturated heterocycles. The van der Waals surface area contributed by atoms with E-state index < -0.39 is 12.0 Å². The highest BCUT2D eigenvalue weighted by Crippen LogP contribution is 2.41. The number of carbonyl (C=O) groups is 3. The van der Waals surface area contributed by atoms with E-state index in [-0.39, 0.29) is 54.9 Å². The van der Waals surface area contributed by atoms with Gasteiger partial charge in [-0.2, -0.15) is 5.26 Å². The van der Waals surface area contributed by atoms with E-state index in [1.165, 1.54) is 0 Å². The summed E-state index contributed by atoms with van der Waals surface area (Å²) in [4.78, 5) is 39.0. The summed E-state index contributed by atoms with van der Waals surface area (Å²) in [6.45, 7) is 4.23. The number of hydrogen-bond donors (Lipinski definition) is 2. The molecule has 8 heteroatoms. The Bertz CT molecular complexity index is 1130. The van der Waals surface area contributed by atoms with Crippen LogP contribution in [0.4, 0.5) is 5.69 Å². The van der Waals surface area contributed by atoms with Gasteiger partial charge in [-0.15, -0.1) is 0 Å². The highest BCUT2D eigenvalue weighted by atomic mass is 16.5. The first-order valence-corrected chi connectivity index (χ1v) is 12.1. The number of β-amino-alcohol motifs (C(OH)–C–C–N with tert-alkyl or cyclic N) is 1. The minimum atomic E-state index is -0.646. The normalized spacial score (nSPS) is 22.2. The quantitative estimate of drug-likeness (QED) is 0.604. The van der Waals surface area contributed by atoms with Crippen LogP contribution in [0.1, 0.15) is 69.4 Å². The fraction of sp³-hybridized carbons (Fsp3) is 0.481. The SMILES string of the molecule is CC1(C)CC=C(c2cc(C3CC(=O)N(CCO)C(=O)C3)ccc2NC(=O)C2=CCC(C#N)O2)CC1. The number of rotatable bonds is 6. The van der Waals surface area contributed by atoms with E-state index in [9.17, 15) is 14.4 Å². The highest BCUT2D eigenvalue weighted by molar-refractivity contribution is 6.04. The summed E-state index contributed by atoms with van der Waals surface area (Å²) in [7, 11) is 0. The number of hydrogen-bond acceptors (Lipinski definition) is 6. The molecule has 8 nitrogen and oxygen atoms in total. The third-order valence-corrected chi connectivity index (χ3v) is 7.00. The Balaban J connectivity index is 1.62. The van der Waals surface area contributed by atoms with Crippen LogP contribution in [0.2, 0.25) is 0 Å². The van der Waals surface area contributed by atoms with Gasteiger partial charge in [0.2, 0.25) is 11.8 Å².